The second-order valence-corrected chi connectivity index (χ2v) is 3.62. The fourth-order valence-electron chi connectivity index (χ4n) is 1.90. The monoisotopic (exact) mass is 189 g/mol. The van der Waals surface area contributed by atoms with Crippen LogP contribution in [0.15, 0.2) is 11.0 Å². The maximum Gasteiger partial charge on any atom is 0.271 e. The first kappa shape index (κ1) is 8.95. The zero-order valence-corrected chi connectivity index (χ0v) is 8.03. The van der Waals surface area contributed by atoms with Gasteiger partial charge in [-0.3, -0.25) is 9.36 Å². The van der Waals surface area contributed by atoms with Gasteiger partial charge in [0.2, 0.25) is 0 Å². The molecule has 0 bridgehead atoms. The molecule has 4 nitrogen and oxygen atoms in total. The van der Waals surface area contributed by atoms with E-state index in [0.717, 1.165) is 25.1 Å². The fraction of sp³-hybridized carbons (Fsp3) is 0.500. The van der Waals surface area contributed by atoms with Gasteiger partial charge >= 0.3 is 0 Å². The highest BCUT2D eigenvalue weighted by atomic mass is 16.1. The van der Waals surface area contributed by atoms with E-state index in [9.17, 15) is 4.79 Å². The van der Waals surface area contributed by atoms with Crippen molar-refractivity contribution in [3.8, 4) is 6.07 Å². The first-order valence-corrected chi connectivity index (χ1v) is 4.74. The summed E-state index contributed by atoms with van der Waals surface area (Å²) >= 11 is 0. The predicted octanol–water partition coefficient (Wildman–Crippen LogP) is 1.01. The highest BCUT2D eigenvalue weighted by Gasteiger charge is 2.19. The number of nitriles is 1. The van der Waals surface area contributed by atoms with Gasteiger partial charge in [0, 0.05) is 12.5 Å². The minimum atomic E-state index is -0.190. The Hall–Kier alpha value is -1.63. The first-order chi connectivity index (χ1) is 6.74. The van der Waals surface area contributed by atoms with Crippen LogP contribution in [0, 0.1) is 11.3 Å². The van der Waals surface area contributed by atoms with Crippen molar-refractivity contribution >= 4 is 0 Å². The quantitative estimate of drug-likeness (QED) is 0.612. The normalized spacial score (nSPS) is 19.9. The minimum Gasteiger partial charge on any atom is -0.293 e. The van der Waals surface area contributed by atoms with Gasteiger partial charge < -0.3 is 0 Å². The van der Waals surface area contributed by atoms with Gasteiger partial charge in [-0.05, 0) is 19.8 Å². The van der Waals surface area contributed by atoms with Crippen LogP contribution in [-0.4, -0.2) is 9.55 Å². The molecule has 0 fully saturated rings. The Morgan fingerprint density at radius 2 is 2.50 bits per heavy atom. The van der Waals surface area contributed by atoms with E-state index in [1.165, 1.54) is 6.20 Å². The number of hydrogen-bond donors (Lipinski definition) is 0. The summed E-state index contributed by atoms with van der Waals surface area (Å²) in [6, 6.07) is 2.04. The molecule has 0 saturated heterocycles. The molecule has 0 radical (unpaired) electrons. The van der Waals surface area contributed by atoms with E-state index >= 15 is 0 Å². The fourth-order valence-corrected chi connectivity index (χ4v) is 1.90. The van der Waals surface area contributed by atoms with Crippen molar-refractivity contribution in [2.45, 2.75) is 32.2 Å². The number of aryl methyl sites for hydroxylation is 1. The van der Waals surface area contributed by atoms with Gasteiger partial charge in [-0.1, -0.05) is 0 Å². The molecule has 1 unspecified atom stereocenters. The molecule has 1 atom stereocenters. The Kier molecular flexibility index (Phi) is 2.08. The van der Waals surface area contributed by atoms with Gasteiger partial charge in [0.1, 0.15) is 17.5 Å². The van der Waals surface area contributed by atoms with Crippen molar-refractivity contribution in [2.75, 3.05) is 0 Å². The Morgan fingerprint density at radius 3 is 3.21 bits per heavy atom. The lowest BCUT2D eigenvalue weighted by Crippen LogP contribution is -2.32. The summed E-state index contributed by atoms with van der Waals surface area (Å²) in [6.45, 7) is 1.99. The summed E-state index contributed by atoms with van der Waals surface area (Å²) in [6.07, 6.45) is 4.28. The lowest BCUT2D eigenvalue weighted by Gasteiger charge is -2.23. The van der Waals surface area contributed by atoms with Crippen LogP contribution in [-0.2, 0) is 6.42 Å². The summed E-state index contributed by atoms with van der Waals surface area (Å²) in [7, 11) is 0. The van der Waals surface area contributed by atoms with Crippen LogP contribution in [0.5, 0.6) is 0 Å². The van der Waals surface area contributed by atoms with E-state index in [1.807, 2.05) is 13.0 Å². The summed E-state index contributed by atoms with van der Waals surface area (Å²) in [5.41, 5.74) is -0.0489. The van der Waals surface area contributed by atoms with Crippen molar-refractivity contribution in [1.82, 2.24) is 9.55 Å². The second-order valence-electron chi connectivity index (χ2n) is 3.62. The topological polar surface area (TPSA) is 58.7 Å². The van der Waals surface area contributed by atoms with E-state index < -0.39 is 0 Å². The van der Waals surface area contributed by atoms with E-state index in [-0.39, 0.29) is 17.2 Å². The molecule has 1 aromatic rings. The van der Waals surface area contributed by atoms with E-state index in [1.54, 1.807) is 4.57 Å². The molecule has 1 aromatic heterocycles. The highest BCUT2D eigenvalue weighted by Crippen LogP contribution is 2.20. The molecular weight excluding hydrogens is 178 g/mol. The van der Waals surface area contributed by atoms with Crippen molar-refractivity contribution in [2.24, 2.45) is 0 Å². The standard InChI is InChI=1S/C10H11N3O/c1-7-3-2-4-9-12-6-8(5-11)10(14)13(7)9/h6-7H,2-4H2,1H3. The third-order valence-electron chi connectivity index (χ3n) is 2.65. The maximum absolute atomic E-state index is 11.8. The molecule has 72 valence electrons. The van der Waals surface area contributed by atoms with Crippen LogP contribution in [0.2, 0.25) is 0 Å². The molecule has 1 aliphatic rings. The van der Waals surface area contributed by atoms with Gasteiger partial charge in [0.15, 0.2) is 0 Å². The van der Waals surface area contributed by atoms with Gasteiger partial charge in [-0.25, -0.2) is 4.98 Å². The van der Waals surface area contributed by atoms with Gasteiger partial charge in [-0.2, -0.15) is 5.26 Å². The molecule has 1 aliphatic heterocycles. The van der Waals surface area contributed by atoms with Crippen LogP contribution in [0.25, 0.3) is 0 Å². The predicted molar refractivity (Wildman–Crippen MR) is 50.9 cm³/mol. The largest absolute Gasteiger partial charge is 0.293 e. The van der Waals surface area contributed by atoms with Crippen LogP contribution >= 0.6 is 0 Å². The summed E-state index contributed by atoms with van der Waals surface area (Å²) in [4.78, 5) is 15.9. The Bertz CT molecular complexity index is 455. The van der Waals surface area contributed by atoms with Crippen LogP contribution < -0.4 is 5.56 Å². The number of aromatic nitrogens is 2. The van der Waals surface area contributed by atoms with Crippen LogP contribution in [0.3, 0.4) is 0 Å². The van der Waals surface area contributed by atoms with Crippen LogP contribution in [0.4, 0.5) is 0 Å². The van der Waals surface area contributed by atoms with Gasteiger partial charge in [-0.15, -0.1) is 0 Å². The lowest BCUT2D eigenvalue weighted by molar-refractivity contribution is 0.404. The lowest BCUT2D eigenvalue weighted by atomic mass is 10.1. The Balaban J connectivity index is 2.68. The molecule has 0 aromatic carbocycles. The minimum absolute atomic E-state index is 0.141. The van der Waals surface area contributed by atoms with Crippen molar-refractivity contribution in [1.29, 1.82) is 5.26 Å². The summed E-state index contributed by atoms with van der Waals surface area (Å²) in [5, 5.41) is 8.70. The van der Waals surface area contributed by atoms with Crippen molar-refractivity contribution < 1.29 is 0 Å². The molecule has 0 aliphatic carbocycles. The zero-order chi connectivity index (χ0) is 10.1. The van der Waals surface area contributed by atoms with E-state index in [2.05, 4.69) is 4.98 Å². The third-order valence-corrected chi connectivity index (χ3v) is 2.65. The van der Waals surface area contributed by atoms with Crippen molar-refractivity contribution in [3.05, 3.63) is 27.9 Å². The highest BCUT2D eigenvalue weighted by molar-refractivity contribution is 5.23. The van der Waals surface area contributed by atoms with Gasteiger partial charge in [0.05, 0.1) is 6.20 Å². The van der Waals surface area contributed by atoms with E-state index in [4.69, 9.17) is 5.26 Å². The number of fused-ring (bicyclic) bond motifs is 1. The van der Waals surface area contributed by atoms with E-state index in [0.29, 0.717) is 0 Å². The molecule has 0 N–H and O–H groups in total. The molecular formula is C10H11N3O. The van der Waals surface area contributed by atoms with Crippen molar-refractivity contribution in [3.63, 3.8) is 0 Å². The van der Waals surface area contributed by atoms with Gasteiger partial charge in [0.25, 0.3) is 5.56 Å². The molecule has 2 heterocycles. The molecule has 0 saturated carbocycles. The molecule has 14 heavy (non-hydrogen) atoms. The number of rotatable bonds is 0. The number of hydrogen-bond acceptors (Lipinski definition) is 3. The molecule has 4 heteroatoms. The Morgan fingerprint density at radius 1 is 1.71 bits per heavy atom. The number of nitrogens with zero attached hydrogens (tertiary/aromatic N) is 3. The smallest absolute Gasteiger partial charge is 0.271 e. The average Bonchev–Trinajstić information content (AvgIpc) is 2.18. The molecule has 0 amide bonds. The molecule has 2 rings (SSSR count). The summed E-state index contributed by atoms with van der Waals surface area (Å²) < 4.78 is 1.65. The molecule has 0 spiro atoms. The Labute approximate surface area is 81.8 Å². The maximum atomic E-state index is 11.8. The third kappa shape index (κ3) is 1.22. The average molecular weight is 189 g/mol. The van der Waals surface area contributed by atoms with Crippen LogP contribution in [0.1, 0.15) is 37.2 Å². The summed E-state index contributed by atoms with van der Waals surface area (Å²) in [5.74, 6) is 0.813. The first-order valence-electron chi connectivity index (χ1n) is 4.74. The zero-order valence-electron chi connectivity index (χ0n) is 8.03. The second kappa shape index (κ2) is 3.26. The SMILES string of the molecule is CC1CCCc2ncc(C#N)c(=O)n21.